The van der Waals surface area contributed by atoms with Gasteiger partial charge in [-0.1, -0.05) is 23.7 Å². The molecule has 1 aromatic carbocycles. The smallest absolute Gasteiger partial charge is 0.131 e. The van der Waals surface area contributed by atoms with E-state index in [1.54, 1.807) is 6.20 Å². The first-order chi connectivity index (χ1) is 5.79. The average molecular weight is 179 g/mol. The summed E-state index contributed by atoms with van der Waals surface area (Å²) >= 11 is 5.95. The minimum Gasteiger partial charge on any atom is -0.383 e. The number of hydrogen-bond donors (Lipinski definition) is 1. The fourth-order valence-electron chi connectivity index (χ4n) is 1.19. The van der Waals surface area contributed by atoms with Crippen molar-refractivity contribution in [2.45, 2.75) is 0 Å². The molecule has 0 spiro atoms. The quantitative estimate of drug-likeness (QED) is 0.673. The Morgan fingerprint density at radius 1 is 1.17 bits per heavy atom. The molecule has 60 valence electrons. The van der Waals surface area contributed by atoms with E-state index < -0.39 is 0 Å². The minimum absolute atomic E-state index is 0.523. The van der Waals surface area contributed by atoms with Gasteiger partial charge >= 0.3 is 0 Å². The summed E-state index contributed by atoms with van der Waals surface area (Å²) in [6.07, 6.45) is 1.66. The van der Waals surface area contributed by atoms with Crippen LogP contribution in [0.1, 0.15) is 0 Å². The SMILES string of the molecule is Nc1nccc2c(Cl)cccc12. The van der Waals surface area contributed by atoms with Crippen molar-refractivity contribution < 1.29 is 0 Å². The van der Waals surface area contributed by atoms with E-state index in [4.69, 9.17) is 17.3 Å². The molecule has 2 N–H and O–H groups in total. The summed E-state index contributed by atoms with van der Waals surface area (Å²) in [5, 5.41) is 2.57. The standard InChI is InChI=1S/C9H7ClN2/c10-8-3-1-2-7-6(8)4-5-12-9(7)11/h1-5H,(H2,11,12). The van der Waals surface area contributed by atoms with Crippen LogP contribution in [-0.4, -0.2) is 4.98 Å². The van der Waals surface area contributed by atoms with Crippen LogP contribution in [0.5, 0.6) is 0 Å². The second kappa shape index (κ2) is 2.64. The Bertz CT molecular complexity index is 385. The molecule has 0 amide bonds. The average Bonchev–Trinajstić information content (AvgIpc) is 2.07. The monoisotopic (exact) mass is 178 g/mol. The van der Waals surface area contributed by atoms with Gasteiger partial charge in [0.2, 0.25) is 0 Å². The number of hydrogen-bond acceptors (Lipinski definition) is 2. The van der Waals surface area contributed by atoms with Crippen molar-refractivity contribution in [1.29, 1.82) is 0 Å². The number of nitrogens with zero attached hydrogens (tertiary/aromatic N) is 1. The molecule has 0 aliphatic rings. The zero-order valence-corrected chi connectivity index (χ0v) is 7.05. The number of nitrogen functional groups attached to an aromatic ring is 1. The van der Waals surface area contributed by atoms with Gasteiger partial charge in [0.1, 0.15) is 5.82 Å². The van der Waals surface area contributed by atoms with Crippen molar-refractivity contribution in [3.05, 3.63) is 35.5 Å². The third-order valence-corrected chi connectivity index (χ3v) is 2.11. The van der Waals surface area contributed by atoms with E-state index in [1.165, 1.54) is 0 Å². The van der Waals surface area contributed by atoms with E-state index in [2.05, 4.69) is 4.98 Å². The number of halogens is 1. The predicted molar refractivity (Wildman–Crippen MR) is 51.2 cm³/mol. The Hall–Kier alpha value is -1.28. The molecule has 2 nitrogen and oxygen atoms in total. The molecule has 0 bridgehead atoms. The first kappa shape index (κ1) is 7.37. The highest BCUT2D eigenvalue weighted by Crippen LogP contribution is 2.25. The lowest BCUT2D eigenvalue weighted by Crippen LogP contribution is -1.90. The molecule has 0 fully saturated rings. The third-order valence-electron chi connectivity index (χ3n) is 1.78. The fraction of sp³-hybridized carbons (Fsp3) is 0. The van der Waals surface area contributed by atoms with Gasteiger partial charge in [-0.3, -0.25) is 0 Å². The van der Waals surface area contributed by atoms with Crippen molar-refractivity contribution in [2.24, 2.45) is 0 Å². The molecule has 0 radical (unpaired) electrons. The maximum Gasteiger partial charge on any atom is 0.131 e. The number of pyridine rings is 1. The summed E-state index contributed by atoms with van der Waals surface area (Å²) in [6.45, 7) is 0. The van der Waals surface area contributed by atoms with Gasteiger partial charge < -0.3 is 5.73 Å². The molecule has 1 aromatic heterocycles. The summed E-state index contributed by atoms with van der Waals surface area (Å²) in [5.74, 6) is 0.523. The Morgan fingerprint density at radius 3 is 2.75 bits per heavy atom. The van der Waals surface area contributed by atoms with Gasteiger partial charge in [-0.2, -0.15) is 0 Å². The van der Waals surface area contributed by atoms with E-state index in [0.717, 1.165) is 10.8 Å². The normalized spacial score (nSPS) is 10.4. The van der Waals surface area contributed by atoms with Gasteiger partial charge in [0, 0.05) is 22.0 Å². The first-order valence-electron chi connectivity index (χ1n) is 3.58. The Kier molecular flexibility index (Phi) is 1.62. The van der Waals surface area contributed by atoms with Gasteiger partial charge in [-0.05, 0) is 12.1 Å². The van der Waals surface area contributed by atoms with Crippen molar-refractivity contribution in [2.75, 3.05) is 5.73 Å². The molecule has 0 atom stereocenters. The summed E-state index contributed by atoms with van der Waals surface area (Å²) in [7, 11) is 0. The zero-order chi connectivity index (χ0) is 8.55. The zero-order valence-electron chi connectivity index (χ0n) is 6.29. The molecule has 1 heterocycles. The van der Waals surface area contributed by atoms with E-state index >= 15 is 0 Å². The van der Waals surface area contributed by atoms with Crippen LogP contribution in [0.25, 0.3) is 10.8 Å². The van der Waals surface area contributed by atoms with Crippen LogP contribution in [0.2, 0.25) is 5.02 Å². The summed E-state index contributed by atoms with van der Waals surface area (Å²) in [4.78, 5) is 3.97. The largest absolute Gasteiger partial charge is 0.383 e. The molecule has 12 heavy (non-hydrogen) atoms. The van der Waals surface area contributed by atoms with Gasteiger partial charge in [-0.15, -0.1) is 0 Å². The van der Waals surface area contributed by atoms with E-state index in [1.807, 2.05) is 24.3 Å². The van der Waals surface area contributed by atoms with Crippen LogP contribution < -0.4 is 5.73 Å². The van der Waals surface area contributed by atoms with E-state index in [-0.39, 0.29) is 0 Å². The maximum absolute atomic E-state index is 5.95. The molecule has 0 saturated heterocycles. The molecular weight excluding hydrogens is 172 g/mol. The second-order valence-corrected chi connectivity index (χ2v) is 2.94. The topological polar surface area (TPSA) is 38.9 Å². The summed E-state index contributed by atoms with van der Waals surface area (Å²) < 4.78 is 0. The van der Waals surface area contributed by atoms with E-state index in [9.17, 15) is 0 Å². The van der Waals surface area contributed by atoms with Crippen LogP contribution in [0.15, 0.2) is 30.5 Å². The van der Waals surface area contributed by atoms with Gasteiger partial charge in [-0.25, -0.2) is 4.98 Å². The van der Waals surface area contributed by atoms with E-state index in [0.29, 0.717) is 10.8 Å². The molecule has 2 aromatic rings. The molecule has 3 heteroatoms. The molecule has 0 unspecified atom stereocenters. The minimum atomic E-state index is 0.523. The number of fused-ring (bicyclic) bond motifs is 1. The van der Waals surface area contributed by atoms with Gasteiger partial charge in [0.05, 0.1) is 0 Å². The number of nitrogens with two attached hydrogens (primary N) is 1. The number of rotatable bonds is 0. The fourth-order valence-corrected chi connectivity index (χ4v) is 1.43. The van der Waals surface area contributed by atoms with Crippen LogP contribution in [0, 0.1) is 0 Å². The second-order valence-electron chi connectivity index (χ2n) is 2.53. The molecule has 0 saturated carbocycles. The highest BCUT2D eigenvalue weighted by molar-refractivity contribution is 6.35. The third kappa shape index (κ3) is 1.01. The Morgan fingerprint density at radius 2 is 2.00 bits per heavy atom. The van der Waals surface area contributed by atoms with Crippen molar-refractivity contribution in [3.8, 4) is 0 Å². The summed E-state index contributed by atoms with van der Waals surface area (Å²) in [6, 6.07) is 7.46. The van der Waals surface area contributed by atoms with Crippen molar-refractivity contribution in [3.63, 3.8) is 0 Å². The van der Waals surface area contributed by atoms with Crippen LogP contribution in [0.4, 0.5) is 5.82 Å². The highest BCUT2D eigenvalue weighted by atomic mass is 35.5. The van der Waals surface area contributed by atoms with Gasteiger partial charge in [0.15, 0.2) is 0 Å². The Balaban J connectivity index is 2.94. The van der Waals surface area contributed by atoms with Crippen molar-refractivity contribution in [1.82, 2.24) is 4.98 Å². The van der Waals surface area contributed by atoms with Gasteiger partial charge in [0.25, 0.3) is 0 Å². The first-order valence-corrected chi connectivity index (χ1v) is 3.95. The highest BCUT2D eigenvalue weighted by Gasteiger charge is 2.00. The lowest BCUT2D eigenvalue weighted by molar-refractivity contribution is 1.37. The van der Waals surface area contributed by atoms with Crippen LogP contribution >= 0.6 is 11.6 Å². The molecule has 0 aliphatic heterocycles. The summed E-state index contributed by atoms with van der Waals surface area (Å²) in [5.41, 5.74) is 5.66. The number of aromatic nitrogens is 1. The predicted octanol–water partition coefficient (Wildman–Crippen LogP) is 2.47. The van der Waals surface area contributed by atoms with Crippen LogP contribution in [-0.2, 0) is 0 Å². The number of anilines is 1. The number of benzene rings is 1. The van der Waals surface area contributed by atoms with Crippen LogP contribution in [0.3, 0.4) is 0 Å². The Labute approximate surface area is 75.0 Å². The molecule has 0 aliphatic carbocycles. The lowest BCUT2D eigenvalue weighted by Gasteiger charge is -2.00. The van der Waals surface area contributed by atoms with Crippen molar-refractivity contribution >= 4 is 28.2 Å². The maximum atomic E-state index is 5.95. The molecular formula is C9H7ClN2. The molecule has 2 rings (SSSR count). The lowest BCUT2D eigenvalue weighted by atomic mass is 10.2.